The molecule has 0 heterocycles. The van der Waals surface area contributed by atoms with Crippen LogP contribution in [-0.4, -0.2) is 0 Å². The van der Waals surface area contributed by atoms with Gasteiger partial charge in [-0.1, -0.05) is 64.0 Å². The fourth-order valence-corrected chi connectivity index (χ4v) is 2.09. The molecule has 0 bridgehead atoms. The van der Waals surface area contributed by atoms with Gasteiger partial charge in [0.15, 0.2) is 0 Å². The second-order valence-electron chi connectivity index (χ2n) is 4.74. The minimum Gasteiger partial charge on any atom is -0.207 e. The van der Waals surface area contributed by atoms with E-state index in [9.17, 15) is 4.39 Å². The summed E-state index contributed by atoms with van der Waals surface area (Å²) in [6, 6.07) is 7.83. The zero-order valence-electron chi connectivity index (χ0n) is 11.0. The number of hydrogen-bond acceptors (Lipinski definition) is 0. The van der Waals surface area contributed by atoms with Crippen molar-refractivity contribution in [3.05, 3.63) is 35.6 Å². The first kappa shape index (κ1) is 14.2. The maximum atomic E-state index is 13.3. The van der Waals surface area contributed by atoms with Crippen molar-refractivity contribution in [1.29, 1.82) is 0 Å². The lowest BCUT2D eigenvalue weighted by Crippen LogP contribution is -1.90. The average molecular weight is 235 g/mol. The van der Waals surface area contributed by atoms with E-state index in [-0.39, 0.29) is 5.82 Å². The smallest absolute Gasteiger partial charge is 0.127 e. The van der Waals surface area contributed by atoms with Crippen molar-refractivity contribution in [1.82, 2.24) is 0 Å². The van der Waals surface area contributed by atoms with Crippen molar-refractivity contribution < 1.29 is 4.39 Å². The van der Waals surface area contributed by atoms with Crippen LogP contribution in [0.5, 0.6) is 0 Å². The molecule has 0 fully saturated rings. The Labute approximate surface area is 105 Å². The van der Waals surface area contributed by atoms with Gasteiger partial charge in [-0.3, -0.25) is 0 Å². The highest BCUT2D eigenvalue weighted by Gasteiger charge is 1.99. The fourth-order valence-electron chi connectivity index (χ4n) is 2.09. The Kier molecular flexibility index (Phi) is 7.70. The molecular formula is C16H24F. The van der Waals surface area contributed by atoms with E-state index in [0.717, 1.165) is 18.4 Å². The predicted molar refractivity (Wildman–Crippen MR) is 71.6 cm³/mol. The van der Waals surface area contributed by atoms with E-state index in [2.05, 4.69) is 13.0 Å². The molecule has 1 rings (SSSR count). The average Bonchev–Trinajstić information content (AvgIpc) is 2.35. The molecule has 0 aliphatic carbocycles. The van der Waals surface area contributed by atoms with Gasteiger partial charge in [0.25, 0.3) is 0 Å². The summed E-state index contributed by atoms with van der Waals surface area (Å²) in [5.74, 6) is -0.101. The predicted octanol–water partition coefficient (Wildman–Crippen LogP) is 5.31. The largest absolute Gasteiger partial charge is 0.207 e. The molecule has 1 radical (unpaired) electrons. The number of aryl methyl sites for hydroxylation is 1. The van der Waals surface area contributed by atoms with E-state index >= 15 is 0 Å². The van der Waals surface area contributed by atoms with Gasteiger partial charge in [0.1, 0.15) is 5.82 Å². The molecule has 0 aliphatic heterocycles. The minimum atomic E-state index is -0.101. The topological polar surface area (TPSA) is 0 Å². The van der Waals surface area contributed by atoms with Gasteiger partial charge in [-0.2, -0.15) is 0 Å². The van der Waals surface area contributed by atoms with Crippen LogP contribution in [0.4, 0.5) is 4.39 Å². The summed E-state index contributed by atoms with van der Waals surface area (Å²) < 4.78 is 13.3. The molecule has 0 unspecified atom stereocenters. The molecule has 0 amide bonds. The minimum absolute atomic E-state index is 0.101. The summed E-state index contributed by atoms with van der Waals surface area (Å²) in [4.78, 5) is 0. The van der Waals surface area contributed by atoms with Crippen molar-refractivity contribution in [2.24, 2.45) is 0 Å². The van der Waals surface area contributed by atoms with Gasteiger partial charge in [-0.25, -0.2) is 4.39 Å². The first-order valence-corrected chi connectivity index (χ1v) is 6.99. The van der Waals surface area contributed by atoms with Crippen molar-refractivity contribution >= 4 is 0 Å². The number of rotatable bonds is 9. The Balaban J connectivity index is 1.99. The highest BCUT2D eigenvalue weighted by Crippen LogP contribution is 2.13. The van der Waals surface area contributed by atoms with Crippen LogP contribution in [0.3, 0.4) is 0 Å². The van der Waals surface area contributed by atoms with E-state index < -0.39 is 0 Å². The standard InChI is InChI=1S/C16H24F/c1-2-3-4-5-6-7-8-9-12-15-13-10-11-14-16(15)17/h10,13-14H,2-9,12H2,1H3. The lowest BCUT2D eigenvalue weighted by Gasteiger charge is -2.03. The van der Waals surface area contributed by atoms with Crippen LogP contribution in [0.1, 0.15) is 63.9 Å². The molecule has 0 atom stereocenters. The van der Waals surface area contributed by atoms with E-state index in [4.69, 9.17) is 0 Å². The first-order chi connectivity index (χ1) is 8.34. The third kappa shape index (κ3) is 6.45. The van der Waals surface area contributed by atoms with Gasteiger partial charge in [0.2, 0.25) is 0 Å². The molecule has 1 heteroatoms. The molecule has 17 heavy (non-hydrogen) atoms. The van der Waals surface area contributed by atoms with Crippen LogP contribution in [0.25, 0.3) is 0 Å². The van der Waals surface area contributed by atoms with E-state index in [1.54, 1.807) is 6.07 Å². The van der Waals surface area contributed by atoms with E-state index in [1.165, 1.54) is 51.0 Å². The maximum Gasteiger partial charge on any atom is 0.127 e. The lowest BCUT2D eigenvalue weighted by molar-refractivity contribution is 0.564. The highest BCUT2D eigenvalue weighted by molar-refractivity contribution is 5.16. The molecule has 0 aromatic heterocycles. The van der Waals surface area contributed by atoms with Gasteiger partial charge >= 0.3 is 0 Å². The Bertz CT molecular complexity index is 293. The van der Waals surface area contributed by atoms with Crippen LogP contribution in [0.15, 0.2) is 18.2 Å². The van der Waals surface area contributed by atoms with Crippen LogP contribution >= 0.6 is 0 Å². The summed E-state index contributed by atoms with van der Waals surface area (Å²) in [7, 11) is 0. The second-order valence-corrected chi connectivity index (χ2v) is 4.74. The zero-order valence-corrected chi connectivity index (χ0v) is 11.0. The van der Waals surface area contributed by atoms with E-state index in [1.807, 2.05) is 6.07 Å². The Morgan fingerprint density at radius 2 is 1.65 bits per heavy atom. The van der Waals surface area contributed by atoms with Crippen LogP contribution in [0.2, 0.25) is 0 Å². The summed E-state index contributed by atoms with van der Waals surface area (Å²) in [5, 5.41) is 0. The summed E-state index contributed by atoms with van der Waals surface area (Å²) in [6.45, 7) is 2.24. The highest BCUT2D eigenvalue weighted by atomic mass is 19.1. The maximum absolute atomic E-state index is 13.3. The number of benzene rings is 1. The van der Waals surface area contributed by atoms with Crippen molar-refractivity contribution in [2.45, 2.75) is 64.7 Å². The Morgan fingerprint density at radius 1 is 1.00 bits per heavy atom. The Morgan fingerprint density at radius 3 is 2.29 bits per heavy atom. The third-order valence-electron chi connectivity index (χ3n) is 3.20. The molecule has 0 nitrogen and oxygen atoms in total. The molecule has 1 aromatic carbocycles. The van der Waals surface area contributed by atoms with Gasteiger partial charge in [0.05, 0.1) is 0 Å². The molecule has 0 N–H and O–H groups in total. The normalized spacial score (nSPS) is 10.7. The number of hydrogen-bond donors (Lipinski definition) is 0. The number of unbranched alkanes of at least 4 members (excludes halogenated alkanes) is 7. The first-order valence-electron chi connectivity index (χ1n) is 6.99. The number of halogens is 1. The molecule has 0 spiro atoms. The lowest BCUT2D eigenvalue weighted by atomic mass is 10.0. The molecule has 0 saturated carbocycles. The summed E-state index contributed by atoms with van der Waals surface area (Å²) >= 11 is 0. The summed E-state index contributed by atoms with van der Waals surface area (Å²) in [5.41, 5.74) is 0.842. The fraction of sp³-hybridized carbons (Fsp3) is 0.625. The zero-order chi connectivity index (χ0) is 12.3. The Hall–Kier alpha value is -0.850. The van der Waals surface area contributed by atoms with Crippen LogP contribution in [0, 0.1) is 11.9 Å². The molecule has 0 saturated heterocycles. The van der Waals surface area contributed by atoms with Crippen LogP contribution < -0.4 is 0 Å². The summed E-state index contributed by atoms with van der Waals surface area (Å²) in [6.07, 6.45) is 11.3. The van der Waals surface area contributed by atoms with Crippen molar-refractivity contribution in [2.75, 3.05) is 0 Å². The molecule has 1 aromatic rings. The molecule has 95 valence electrons. The molecule has 0 aliphatic rings. The van der Waals surface area contributed by atoms with Gasteiger partial charge in [-0.05, 0) is 30.5 Å². The monoisotopic (exact) mass is 235 g/mol. The molecular weight excluding hydrogens is 211 g/mol. The SMILES string of the molecule is CCCCCCCCCCc1cc[c]cc1F. The van der Waals surface area contributed by atoms with Crippen molar-refractivity contribution in [3.63, 3.8) is 0 Å². The van der Waals surface area contributed by atoms with Gasteiger partial charge < -0.3 is 0 Å². The van der Waals surface area contributed by atoms with Gasteiger partial charge in [-0.15, -0.1) is 0 Å². The van der Waals surface area contributed by atoms with Crippen molar-refractivity contribution in [3.8, 4) is 0 Å². The quantitative estimate of drug-likeness (QED) is 0.509. The van der Waals surface area contributed by atoms with E-state index in [0.29, 0.717) is 0 Å². The van der Waals surface area contributed by atoms with Gasteiger partial charge in [0, 0.05) is 0 Å². The third-order valence-corrected chi connectivity index (χ3v) is 3.20. The second kappa shape index (κ2) is 9.21. The van der Waals surface area contributed by atoms with Crippen LogP contribution in [-0.2, 0) is 6.42 Å².